The summed E-state index contributed by atoms with van der Waals surface area (Å²) >= 11 is 0. The first-order valence-corrected chi connectivity index (χ1v) is 38.4. The van der Waals surface area contributed by atoms with Crippen LogP contribution in [0.3, 0.4) is 0 Å². The molecule has 0 bridgehead atoms. The molecule has 0 aliphatic rings. The van der Waals surface area contributed by atoms with Crippen LogP contribution in [0.1, 0.15) is 77.9 Å². The molecule has 34 N–H and O–H groups in total. The molecule has 0 aliphatic heterocycles. The molecule has 16 rings (SSSR count). The monoisotopic (exact) mass is 1560 g/mol. The van der Waals surface area contributed by atoms with Crippen LogP contribution in [0.2, 0.25) is 0 Å². The second-order valence-corrected chi connectivity index (χ2v) is 28.9. The van der Waals surface area contributed by atoms with E-state index in [0.29, 0.717) is 70.8 Å². The fourth-order valence-electron chi connectivity index (χ4n) is 12.0. The minimum atomic E-state index is 0.477. The Balaban J connectivity index is 0.000000200. The van der Waals surface area contributed by atoms with Gasteiger partial charge in [-0.2, -0.15) is 0 Å². The third-order valence-electron chi connectivity index (χ3n) is 18.9. The van der Waals surface area contributed by atoms with Gasteiger partial charge >= 0.3 is 0 Å². The highest BCUT2D eigenvalue weighted by atomic mass is 14.7. The smallest absolute Gasteiger partial charge is 0.0784 e. The van der Waals surface area contributed by atoms with E-state index < -0.39 is 0 Å². The molecule has 16 aromatic carbocycles. The molecular weight excluding hydrogens is 1440 g/mol. The number of nitrogens with two attached hydrogens (primary N) is 17. The molecule has 606 valence electrons. The van der Waals surface area contributed by atoms with Gasteiger partial charge in [-0.25, -0.2) is 0 Å². The lowest BCUT2D eigenvalue weighted by atomic mass is 10.1. The average molecular weight is 1560 g/mol. The van der Waals surface area contributed by atoms with Gasteiger partial charge in [-0.1, -0.05) is 234 Å². The third kappa shape index (κ3) is 29.7. The fraction of sp³-hybridized carbons (Fsp3) is 0.140. The summed E-state index contributed by atoms with van der Waals surface area (Å²) in [4.78, 5) is 0. The molecule has 17 heteroatoms. The zero-order chi connectivity index (χ0) is 86.0. The van der Waals surface area contributed by atoms with Crippen molar-refractivity contribution in [3.8, 4) is 0 Å². The molecule has 0 heterocycles. The van der Waals surface area contributed by atoms with Crippen molar-refractivity contribution in [1.29, 1.82) is 0 Å². The number of anilines is 14. The highest BCUT2D eigenvalue weighted by molar-refractivity contribution is 5.94. The first kappa shape index (κ1) is 91.8. The lowest BCUT2D eigenvalue weighted by Crippen LogP contribution is -2.01. The Morgan fingerprint density at radius 3 is 1.19 bits per heavy atom. The Hall–Kier alpha value is -14.1. The molecule has 0 unspecified atom stereocenters. The molecule has 0 fully saturated rings. The van der Waals surface area contributed by atoms with Gasteiger partial charge in [0.2, 0.25) is 0 Å². The van der Waals surface area contributed by atoms with Gasteiger partial charge in [-0.05, 0) is 260 Å². The van der Waals surface area contributed by atoms with Crippen LogP contribution in [-0.2, 0) is 19.6 Å². The van der Waals surface area contributed by atoms with Gasteiger partial charge in [0.1, 0.15) is 0 Å². The normalized spacial score (nSPS) is 10.0. The number of rotatable bonds is 3. The fourth-order valence-corrected chi connectivity index (χ4v) is 12.0. The van der Waals surface area contributed by atoms with Gasteiger partial charge in [0, 0.05) is 70.5 Å². The number of nitrogen functional groups attached to an aromatic ring is 14. The van der Waals surface area contributed by atoms with E-state index >= 15 is 0 Å². The molecule has 117 heavy (non-hydrogen) atoms. The van der Waals surface area contributed by atoms with E-state index in [9.17, 15) is 0 Å². The summed E-state index contributed by atoms with van der Waals surface area (Å²) in [6.45, 7) is 24.3. The molecule has 0 saturated carbocycles. The predicted octanol–water partition coefficient (Wildman–Crippen LogP) is 20.2. The van der Waals surface area contributed by atoms with Crippen LogP contribution >= 0.6 is 0 Å². The van der Waals surface area contributed by atoms with E-state index in [1.807, 2.05) is 130 Å². The van der Waals surface area contributed by atoms with Crippen LogP contribution in [0.5, 0.6) is 0 Å². The van der Waals surface area contributed by atoms with Crippen molar-refractivity contribution in [2.75, 3.05) is 80.3 Å². The predicted molar refractivity (Wildman–Crippen MR) is 516 cm³/mol. The third-order valence-corrected chi connectivity index (χ3v) is 18.9. The van der Waals surface area contributed by atoms with Gasteiger partial charge < -0.3 is 97.5 Å². The molecule has 0 aliphatic carbocycles. The zero-order valence-electron chi connectivity index (χ0n) is 69.6. The van der Waals surface area contributed by atoms with E-state index in [4.69, 9.17) is 97.5 Å². The molecule has 0 amide bonds. The quantitative estimate of drug-likeness (QED) is 0.0731. The summed E-state index contributed by atoms with van der Waals surface area (Å²) in [6.07, 6.45) is 0. The van der Waals surface area contributed by atoms with Crippen LogP contribution in [-0.4, -0.2) is 0 Å². The number of fused-ring (bicyclic) bond motifs is 5. The molecule has 0 atom stereocenters. The van der Waals surface area contributed by atoms with Crippen molar-refractivity contribution in [3.05, 3.63) is 369 Å². The van der Waals surface area contributed by atoms with Crippen LogP contribution in [0.25, 0.3) is 53.9 Å². The molecule has 17 nitrogen and oxygen atoms in total. The van der Waals surface area contributed by atoms with Gasteiger partial charge in [0.25, 0.3) is 0 Å². The number of hydrogen-bond donors (Lipinski definition) is 17. The summed E-state index contributed by atoms with van der Waals surface area (Å²) < 4.78 is 0. The molecule has 0 radical (unpaired) electrons. The second-order valence-electron chi connectivity index (χ2n) is 28.9. The molecule has 0 spiro atoms. The Bertz CT molecular complexity index is 5550. The van der Waals surface area contributed by atoms with Crippen LogP contribution < -0.4 is 97.5 Å². The zero-order valence-corrected chi connectivity index (χ0v) is 69.6. The van der Waals surface area contributed by atoms with Crippen molar-refractivity contribution in [2.24, 2.45) is 17.2 Å². The summed E-state index contributed by atoms with van der Waals surface area (Å²) in [5.41, 5.74) is 121. The van der Waals surface area contributed by atoms with Gasteiger partial charge in [-0.15, -0.1) is 0 Å². The first-order valence-electron chi connectivity index (χ1n) is 38.4. The largest absolute Gasteiger partial charge is 0.399 e. The molecule has 0 saturated heterocycles. The van der Waals surface area contributed by atoms with E-state index in [0.717, 1.165) is 50.5 Å². The van der Waals surface area contributed by atoms with Crippen molar-refractivity contribution in [1.82, 2.24) is 0 Å². The number of hydrogen-bond acceptors (Lipinski definition) is 17. The highest BCUT2D eigenvalue weighted by Gasteiger charge is 2.04. The van der Waals surface area contributed by atoms with Gasteiger partial charge in [0.05, 0.1) is 34.1 Å². The van der Waals surface area contributed by atoms with Crippen molar-refractivity contribution in [3.63, 3.8) is 0 Å². The Morgan fingerprint density at radius 2 is 0.615 bits per heavy atom. The molecule has 0 aromatic heterocycles. The Morgan fingerprint density at radius 1 is 0.188 bits per heavy atom. The van der Waals surface area contributed by atoms with Crippen LogP contribution in [0, 0.1) is 76.2 Å². The summed E-state index contributed by atoms with van der Waals surface area (Å²) in [7, 11) is 0. The highest BCUT2D eigenvalue weighted by Crippen LogP contribution is 2.29. The first-order chi connectivity index (χ1) is 55.7. The Labute approximate surface area is 691 Å². The standard InChI is InChI=1S/5C11H11N.3C8H11N.3C7H11N3/c1-8-2-3-10-7-11(12)5-4-9(10)6-8;1-8-2-3-9-4-5-11(12)7-10(9)6-8;1-8-5-6-10-9(7-8)3-2-4-11(10)12;1-8-3-2-4-9-7-10(12)5-6-11(8)9;1-8-6-10(12)7-9-4-2-3-5-11(8)9;1-7-2-4-8(6-9)5-3-7;1-7-3-2-4-8(5-7)6-9;1-7-4-2-3-5-8(7)6-9;1-4-6(9)2-5(8)3-7(4)10;1-4-2-5(8)7(10)6(9)3-4;1-4-2-3-5(8)7(10)6(4)9/h5*2-7H,12H2,1H3;3*2-5H,6,9H2,1H3;3*2-3H,8-10H2,1H3. The van der Waals surface area contributed by atoms with Gasteiger partial charge in [-0.3, -0.25) is 0 Å². The molecule has 16 aromatic rings. The average Bonchev–Trinajstić information content (AvgIpc) is 0.838. The summed E-state index contributed by atoms with van der Waals surface area (Å²) in [5, 5.41) is 12.3. The van der Waals surface area contributed by atoms with Crippen molar-refractivity contribution in [2.45, 2.75) is 95.8 Å². The Kier molecular flexibility index (Phi) is 35.7. The SMILES string of the molecule is Cc1c(N)cc(N)cc1N.Cc1cc(N)c(N)c(N)c1.Cc1cc(N)cc2ccccc12.Cc1ccc(CN)cc1.Cc1ccc(N)c(N)c1N.Cc1ccc2c(N)cccc2c1.Cc1ccc2cc(N)ccc2c1.Cc1ccc2ccc(N)cc2c1.Cc1cccc(CN)c1.Cc1cccc2cc(N)ccc12.Cc1ccccc1CN. The lowest BCUT2D eigenvalue weighted by Gasteiger charge is -2.05. The number of aryl methyl sites for hydroxylation is 10. The summed E-state index contributed by atoms with van der Waals surface area (Å²) in [6, 6.07) is 96.7. The van der Waals surface area contributed by atoms with Crippen molar-refractivity contribution >= 4 is 133 Å². The van der Waals surface area contributed by atoms with Gasteiger partial charge in [0.15, 0.2) is 0 Å². The van der Waals surface area contributed by atoms with Crippen molar-refractivity contribution < 1.29 is 0 Å². The maximum absolute atomic E-state index is 5.81. The molecular formula is C100H121N17. The lowest BCUT2D eigenvalue weighted by molar-refractivity contribution is 1.05. The maximum atomic E-state index is 5.81. The summed E-state index contributed by atoms with van der Waals surface area (Å²) in [5.74, 6) is 0. The van der Waals surface area contributed by atoms with E-state index in [-0.39, 0.29) is 0 Å². The van der Waals surface area contributed by atoms with E-state index in [2.05, 4.69) is 207 Å². The van der Waals surface area contributed by atoms with E-state index in [1.54, 1.807) is 30.3 Å². The van der Waals surface area contributed by atoms with E-state index in [1.165, 1.54) is 110 Å². The van der Waals surface area contributed by atoms with Crippen LogP contribution in [0.15, 0.2) is 291 Å². The van der Waals surface area contributed by atoms with Crippen LogP contribution in [0.4, 0.5) is 79.6 Å². The minimum absolute atomic E-state index is 0.477. The maximum Gasteiger partial charge on any atom is 0.0784 e. The minimum Gasteiger partial charge on any atom is -0.399 e. The number of benzene rings is 16. The second kappa shape index (κ2) is 45.6. The topological polar surface area (TPSA) is 442 Å².